The lowest BCUT2D eigenvalue weighted by Gasteiger charge is -2.45. The van der Waals surface area contributed by atoms with Crippen LogP contribution in [0.15, 0.2) is 30.3 Å². The summed E-state index contributed by atoms with van der Waals surface area (Å²) in [6.45, 7) is 2.18. The van der Waals surface area contributed by atoms with Crippen molar-refractivity contribution in [1.82, 2.24) is 0 Å². The van der Waals surface area contributed by atoms with Crippen molar-refractivity contribution < 1.29 is 29.9 Å². The molecule has 6 nitrogen and oxygen atoms in total. The van der Waals surface area contributed by atoms with Crippen molar-refractivity contribution in [2.45, 2.75) is 82.5 Å². The molecule has 180 valence electrons. The second-order valence-corrected chi connectivity index (χ2v) is 9.58. The van der Waals surface area contributed by atoms with E-state index in [2.05, 4.69) is 13.0 Å². The van der Waals surface area contributed by atoms with Gasteiger partial charge in [-0.3, -0.25) is 0 Å². The van der Waals surface area contributed by atoms with Crippen molar-refractivity contribution in [3.05, 3.63) is 47.0 Å². The number of methoxy groups -OCH3 is 1. The molecule has 2 aromatic carbocycles. The Bertz CT molecular complexity index is 958. The number of hydrogen-bond donors (Lipinski definition) is 4. The van der Waals surface area contributed by atoms with Crippen molar-refractivity contribution in [3.8, 4) is 23.0 Å². The maximum Gasteiger partial charge on any atom is 0.200 e. The zero-order chi connectivity index (χ0) is 23.5. The minimum Gasteiger partial charge on any atom is -0.508 e. The van der Waals surface area contributed by atoms with Crippen molar-refractivity contribution in [2.75, 3.05) is 7.11 Å². The molecule has 6 heteroatoms. The summed E-state index contributed by atoms with van der Waals surface area (Å²) in [6.07, 6.45) is 6.41. The van der Waals surface area contributed by atoms with E-state index in [1.807, 2.05) is 12.1 Å². The number of benzene rings is 2. The largest absolute Gasteiger partial charge is 0.508 e. The third kappa shape index (κ3) is 5.07. The average molecular weight is 457 g/mol. The van der Waals surface area contributed by atoms with Gasteiger partial charge in [0.1, 0.15) is 5.75 Å². The number of ether oxygens (including phenoxy) is 2. The number of phenols is 3. The second-order valence-electron chi connectivity index (χ2n) is 9.58. The fourth-order valence-corrected chi connectivity index (χ4v) is 5.51. The van der Waals surface area contributed by atoms with Crippen LogP contribution < -0.4 is 4.74 Å². The van der Waals surface area contributed by atoms with Crippen LogP contribution in [0, 0.1) is 5.92 Å². The number of phenolic OH excluding ortho intramolecular Hbond substituents is 3. The second kappa shape index (κ2) is 10.2. The van der Waals surface area contributed by atoms with Gasteiger partial charge < -0.3 is 29.9 Å². The van der Waals surface area contributed by atoms with Gasteiger partial charge in [0.25, 0.3) is 0 Å². The molecule has 2 aliphatic rings. The van der Waals surface area contributed by atoms with E-state index >= 15 is 0 Å². The molecule has 4 N–H and O–H groups in total. The Morgan fingerprint density at radius 3 is 2.55 bits per heavy atom. The minimum absolute atomic E-state index is 0.0891. The van der Waals surface area contributed by atoms with Crippen LogP contribution in [0.25, 0.3) is 0 Å². The predicted octanol–water partition coefficient (Wildman–Crippen LogP) is 5.32. The number of aliphatic hydroxyl groups excluding tert-OH is 1. The van der Waals surface area contributed by atoms with Crippen molar-refractivity contribution in [3.63, 3.8) is 0 Å². The van der Waals surface area contributed by atoms with Crippen LogP contribution in [-0.4, -0.2) is 39.7 Å². The maximum absolute atomic E-state index is 10.9. The van der Waals surface area contributed by atoms with Crippen LogP contribution in [0.5, 0.6) is 23.0 Å². The number of aryl methyl sites for hydroxylation is 1. The van der Waals surface area contributed by atoms with Gasteiger partial charge in [-0.1, -0.05) is 31.9 Å². The lowest BCUT2D eigenvalue weighted by atomic mass is 9.72. The van der Waals surface area contributed by atoms with Crippen molar-refractivity contribution in [1.29, 1.82) is 0 Å². The Labute approximate surface area is 195 Å². The molecule has 0 bridgehead atoms. The summed E-state index contributed by atoms with van der Waals surface area (Å²) in [5, 5.41) is 41.2. The monoisotopic (exact) mass is 456 g/mol. The molecule has 1 saturated heterocycles. The number of fused-ring (bicyclic) bond motifs is 1. The van der Waals surface area contributed by atoms with Gasteiger partial charge in [-0.05, 0) is 72.9 Å². The molecule has 0 unspecified atom stereocenters. The van der Waals surface area contributed by atoms with Gasteiger partial charge in [0, 0.05) is 12.3 Å². The van der Waals surface area contributed by atoms with E-state index in [1.165, 1.54) is 18.7 Å². The molecule has 0 aromatic heterocycles. The molecule has 1 aliphatic heterocycles. The Morgan fingerprint density at radius 1 is 0.970 bits per heavy atom. The maximum atomic E-state index is 10.9. The van der Waals surface area contributed by atoms with E-state index in [1.54, 1.807) is 6.07 Å². The highest BCUT2D eigenvalue weighted by molar-refractivity contribution is 5.52. The molecular weight excluding hydrogens is 420 g/mol. The van der Waals surface area contributed by atoms with E-state index in [0.29, 0.717) is 23.7 Å². The quantitative estimate of drug-likeness (QED) is 0.332. The number of aromatic hydroxyl groups is 3. The van der Waals surface area contributed by atoms with Gasteiger partial charge in [-0.15, -0.1) is 0 Å². The number of unbranched alkanes of at least 4 members (excludes halogenated alkanes) is 2. The smallest absolute Gasteiger partial charge is 0.200 e. The van der Waals surface area contributed by atoms with Crippen LogP contribution in [0.3, 0.4) is 0 Å². The summed E-state index contributed by atoms with van der Waals surface area (Å²) < 4.78 is 11.6. The molecule has 4 rings (SSSR count). The van der Waals surface area contributed by atoms with E-state index in [4.69, 9.17) is 9.47 Å². The molecule has 0 radical (unpaired) electrons. The highest BCUT2D eigenvalue weighted by Crippen LogP contribution is 2.48. The van der Waals surface area contributed by atoms with Crippen LogP contribution in [-0.2, 0) is 11.2 Å². The molecule has 2 fully saturated rings. The number of hydrogen-bond acceptors (Lipinski definition) is 6. The van der Waals surface area contributed by atoms with Crippen LogP contribution in [0.2, 0.25) is 0 Å². The first kappa shape index (κ1) is 23.7. The minimum atomic E-state index is -0.485. The molecule has 1 heterocycles. The summed E-state index contributed by atoms with van der Waals surface area (Å²) in [7, 11) is 1.44. The van der Waals surface area contributed by atoms with E-state index in [-0.39, 0.29) is 35.4 Å². The molecule has 1 aliphatic carbocycles. The first-order chi connectivity index (χ1) is 15.9. The van der Waals surface area contributed by atoms with Gasteiger partial charge in [0.2, 0.25) is 5.75 Å². The highest BCUT2D eigenvalue weighted by atomic mass is 16.5. The Balaban J connectivity index is 1.51. The molecule has 0 spiro atoms. The fourth-order valence-electron chi connectivity index (χ4n) is 5.51. The summed E-state index contributed by atoms with van der Waals surface area (Å²) >= 11 is 0. The van der Waals surface area contributed by atoms with Crippen LogP contribution >= 0.6 is 0 Å². The summed E-state index contributed by atoms with van der Waals surface area (Å²) in [5.41, 5.74) is 2.92. The molecule has 0 amide bonds. The van der Waals surface area contributed by atoms with Gasteiger partial charge in [0.05, 0.1) is 25.4 Å². The zero-order valence-corrected chi connectivity index (χ0v) is 19.5. The van der Waals surface area contributed by atoms with Gasteiger partial charge in [0.15, 0.2) is 11.5 Å². The predicted molar refractivity (Wildman–Crippen MR) is 126 cm³/mol. The van der Waals surface area contributed by atoms with Crippen LogP contribution in [0.4, 0.5) is 0 Å². The lowest BCUT2D eigenvalue weighted by Crippen LogP contribution is -2.44. The van der Waals surface area contributed by atoms with E-state index in [0.717, 1.165) is 50.5 Å². The van der Waals surface area contributed by atoms with Crippen LogP contribution in [0.1, 0.15) is 80.6 Å². The molecule has 2 aromatic rings. The number of rotatable bonds is 7. The van der Waals surface area contributed by atoms with Crippen molar-refractivity contribution in [2.24, 2.45) is 5.92 Å². The van der Waals surface area contributed by atoms with Gasteiger partial charge in [-0.25, -0.2) is 0 Å². The summed E-state index contributed by atoms with van der Waals surface area (Å²) in [6, 6.07) is 9.13. The molecule has 33 heavy (non-hydrogen) atoms. The Hall–Kier alpha value is -2.44. The first-order valence-electron chi connectivity index (χ1n) is 12.2. The Kier molecular flexibility index (Phi) is 7.35. The third-order valence-corrected chi connectivity index (χ3v) is 7.43. The third-order valence-electron chi connectivity index (χ3n) is 7.43. The average Bonchev–Trinajstić information content (AvgIpc) is 2.81. The fraction of sp³-hybridized carbons (Fsp3) is 0.556. The topological polar surface area (TPSA) is 99.4 Å². The highest BCUT2D eigenvalue weighted by Gasteiger charge is 2.42. The van der Waals surface area contributed by atoms with E-state index in [9.17, 15) is 20.4 Å². The zero-order valence-electron chi connectivity index (χ0n) is 19.5. The summed E-state index contributed by atoms with van der Waals surface area (Å²) in [5.74, 6) is 0.401. The summed E-state index contributed by atoms with van der Waals surface area (Å²) in [4.78, 5) is 0. The SMILES string of the molecule is CCCCCc1cc([C@@H]2CC[C@H]3[C@H](C2)O[C@H](c2cc(O)c(O)c(OC)c2)C[C@@H]3O)ccc1O. The number of aliphatic hydroxyl groups is 1. The Morgan fingerprint density at radius 2 is 1.79 bits per heavy atom. The van der Waals surface area contributed by atoms with Gasteiger partial charge >= 0.3 is 0 Å². The lowest BCUT2D eigenvalue weighted by molar-refractivity contribution is -0.154. The molecule has 5 atom stereocenters. The first-order valence-corrected chi connectivity index (χ1v) is 12.2. The standard InChI is InChI=1S/C27H36O6/c1-3-4-5-6-18-11-16(8-10-21(18)28)17-7-9-20-22(29)15-24(33-25(20)13-17)19-12-23(30)27(31)26(14-19)32-2/h8,10-12,14,17,20,22,24-25,28-31H,3-7,9,13,15H2,1-2H3/t17-,20-,22+,24+,25+/m1/s1. The van der Waals surface area contributed by atoms with E-state index < -0.39 is 6.10 Å². The normalized spacial score (nSPS) is 27.2. The van der Waals surface area contributed by atoms with Gasteiger partial charge in [-0.2, -0.15) is 0 Å². The molecule has 1 saturated carbocycles. The molecular formula is C27H36O6. The van der Waals surface area contributed by atoms with Crippen molar-refractivity contribution >= 4 is 0 Å².